The zero-order valence-electron chi connectivity index (χ0n) is 19.0. The van der Waals surface area contributed by atoms with Crippen LogP contribution in [-0.2, 0) is 17.8 Å². The first-order chi connectivity index (χ1) is 16.2. The summed E-state index contributed by atoms with van der Waals surface area (Å²) in [5.74, 6) is 1.94. The molecule has 5 rings (SSSR count). The fraction of sp³-hybridized carbons (Fsp3) is 0.286. The quantitative estimate of drug-likeness (QED) is 0.360. The van der Waals surface area contributed by atoms with Crippen LogP contribution >= 0.6 is 0 Å². The Morgan fingerprint density at radius 2 is 1.73 bits per heavy atom. The first kappa shape index (κ1) is 21.3. The smallest absolute Gasteiger partial charge is 0.227 e. The van der Waals surface area contributed by atoms with Crippen LogP contribution in [0.15, 0.2) is 78.9 Å². The van der Waals surface area contributed by atoms with Crippen LogP contribution in [0.25, 0.3) is 11.0 Å². The minimum atomic E-state index is 0.0521. The van der Waals surface area contributed by atoms with Crippen LogP contribution in [0.4, 0.5) is 5.69 Å². The molecule has 1 aromatic heterocycles. The lowest BCUT2D eigenvalue weighted by atomic mass is 10.1. The third kappa shape index (κ3) is 4.36. The standard InChI is InChI=1S/C28H29N3O2/c1-2-33-26-17-9-8-16-25(26)31-20-22(19-27(31)32)28-29-23-14-6-7-15-24(23)30(28)18-10-13-21-11-4-3-5-12-21/h3-9,11-12,14-17,22H,2,10,13,18-20H2,1H3. The highest BCUT2D eigenvalue weighted by Gasteiger charge is 2.35. The first-order valence-corrected chi connectivity index (χ1v) is 11.8. The molecule has 0 radical (unpaired) electrons. The van der Waals surface area contributed by atoms with Gasteiger partial charge in [0.25, 0.3) is 0 Å². The van der Waals surface area contributed by atoms with Crippen molar-refractivity contribution in [3.8, 4) is 5.75 Å². The maximum absolute atomic E-state index is 13.1. The number of hydrogen-bond donors (Lipinski definition) is 0. The monoisotopic (exact) mass is 439 g/mol. The molecule has 4 aromatic rings. The van der Waals surface area contributed by atoms with Crippen molar-refractivity contribution in [1.29, 1.82) is 0 Å². The molecule has 1 unspecified atom stereocenters. The Hall–Kier alpha value is -3.60. The SMILES string of the molecule is CCOc1ccccc1N1CC(c2nc3ccccc3n2CCCc2ccccc2)CC1=O. The Morgan fingerprint density at radius 3 is 2.58 bits per heavy atom. The summed E-state index contributed by atoms with van der Waals surface area (Å²) < 4.78 is 8.12. The highest BCUT2D eigenvalue weighted by atomic mass is 16.5. The number of amides is 1. The van der Waals surface area contributed by atoms with Crippen LogP contribution in [0.3, 0.4) is 0 Å². The number of carbonyl (C=O) groups is 1. The summed E-state index contributed by atoms with van der Waals surface area (Å²) in [5, 5.41) is 0. The Labute approximate surface area is 194 Å². The highest BCUT2D eigenvalue weighted by molar-refractivity contribution is 5.97. The molecule has 5 heteroatoms. The van der Waals surface area contributed by atoms with Crippen LogP contribution in [0, 0.1) is 0 Å². The summed E-state index contributed by atoms with van der Waals surface area (Å²) in [6.45, 7) is 4.03. The largest absolute Gasteiger partial charge is 0.492 e. The van der Waals surface area contributed by atoms with Crippen molar-refractivity contribution in [2.45, 2.75) is 38.6 Å². The van der Waals surface area contributed by atoms with Crippen LogP contribution in [-0.4, -0.2) is 28.6 Å². The van der Waals surface area contributed by atoms with E-state index in [0.717, 1.165) is 47.7 Å². The van der Waals surface area contributed by atoms with Gasteiger partial charge >= 0.3 is 0 Å². The van der Waals surface area contributed by atoms with Gasteiger partial charge in [-0.15, -0.1) is 0 Å². The maximum atomic E-state index is 13.1. The molecule has 1 amide bonds. The van der Waals surface area contributed by atoms with Crippen molar-refractivity contribution in [2.75, 3.05) is 18.1 Å². The Kier molecular flexibility index (Phi) is 6.11. The van der Waals surface area contributed by atoms with Crippen molar-refractivity contribution in [3.05, 3.63) is 90.3 Å². The second kappa shape index (κ2) is 9.49. The zero-order chi connectivity index (χ0) is 22.6. The van der Waals surface area contributed by atoms with Crippen molar-refractivity contribution in [3.63, 3.8) is 0 Å². The Morgan fingerprint density at radius 1 is 0.970 bits per heavy atom. The molecule has 0 aliphatic carbocycles. The lowest BCUT2D eigenvalue weighted by Crippen LogP contribution is -2.25. The molecule has 1 fully saturated rings. The number of nitrogens with zero attached hydrogens (tertiary/aromatic N) is 3. The van der Waals surface area contributed by atoms with Gasteiger partial charge in [-0.05, 0) is 49.6 Å². The van der Waals surface area contributed by atoms with E-state index in [0.29, 0.717) is 19.6 Å². The maximum Gasteiger partial charge on any atom is 0.227 e. The van der Waals surface area contributed by atoms with E-state index in [1.807, 2.05) is 42.2 Å². The lowest BCUT2D eigenvalue weighted by Gasteiger charge is -2.20. The van der Waals surface area contributed by atoms with Crippen molar-refractivity contribution in [1.82, 2.24) is 9.55 Å². The molecule has 1 atom stereocenters. The molecule has 168 valence electrons. The average Bonchev–Trinajstić information content (AvgIpc) is 3.41. The number of benzene rings is 3. The number of anilines is 1. The van der Waals surface area contributed by atoms with E-state index < -0.39 is 0 Å². The topological polar surface area (TPSA) is 47.4 Å². The molecular weight excluding hydrogens is 410 g/mol. The number of imidazole rings is 1. The molecule has 5 nitrogen and oxygen atoms in total. The van der Waals surface area contributed by atoms with Gasteiger partial charge in [-0.25, -0.2) is 4.98 Å². The number of fused-ring (bicyclic) bond motifs is 1. The van der Waals surface area contributed by atoms with Gasteiger partial charge in [0.2, 0.25) is 5.91 Å². The number of rotatable bonds is 8. The Bertz CT molecular complexity index is 1250. The van der Waals surface area contributed by atoms with E-state index in [1.54, 1.807) is 0 Å². The first-order valence-electron chi connectivity index (χ1n) is 11.8. The second-order valence-electron chi connectivity index (χ2n) is 8.51. The average molecular weight is 440 g/mol. The van der Waals surface area contributed by atoms with E-state index in [4.69, 9.17) is 9.72 Å². The van der Waals surface area contributed by atoms with Crippen molar-refractivity contribution in [2.24, 2.45) is 0 Å². The van der Waals surface area contributed by atoms with Gasteiger partial charge in [-0.3, -0.25) is 4.79 Å². The highest BCUT2D eigenvalue weighted by Crippen LogP contribution is 2.37. The molecule has 0 bridgehead atoms. The van der Waals surface area contributed by atoms with Gasteiger partial charge in [0.05, 0.1) is 23.3 Å². The van der Waals surface area contributed by atoms with E-state index in [2.05, 4.69) is 53.1 Å². The van der Waals surface area contributed by atoms with Gasteiger partial charge in [0.1, 0.15) is 11.6 Å². The molecule has 0 N–H and O–H groups in total. The van der Waals surface area contributed by atoms with Gasteiger partial charge < -0.3 is 14.2 Å². The number of aromatic nitrogens is 2. The fourth-order valence-corrected chi connectivity index (χ4v) is 4.80. The van der Waals surface area contributed by atoms with Crippen LogP contribution in [0.1, 0.15) is 37.1 Å². The molecular formula is C28H29N3O2. The molecule has 0 spiro atoms. The van der Waals surface area contributed by atoms with E-state index >= 15 is 0 Å². The number of aryl methyl sites for hydroxylation is 2. The van der Waals surface area contributed by atoms with Crippen molar-refractivity contribution >= 4 is 22.6 Å². The summed E-state index contributed by atoms with van der Waals surface area (Å²) in [5.41, 5.74) is 4.32. The number of carbonyl (C=O) groups excluding carboxylic acids is 1. The summed E-state index contributed by atoms with van der Waals surface area (Å²) in [6, 6.07) is 26.7. The summed E-state index contributed by atoms with van der Waals surface area (Å²) >= 11 is 0. The molecule has 3 aromatic carbocycles. The summed E-state index contributed by atoms with van der Waals surface area (Å²) in [4.78, 5) is 19.9. The van der Waals surface area contributed by atoms with Gasteiger partial charge in [0.15, 0.2) is 0 Å². The molecule has 2 heterocycles. The molecule has 1 aliphatic rings. The third-order valence-electron chi connectivity index (χ3n) is 6.32. The number of ether oxygens (including phenoxy) is 1. The summed E-state index contributed by atoms with van der Waals surface area (Å²) in [6.07, 6.45) is 2.50. The Balaban J connectivity index is 1.41. The third-order valence-corrected chi connectivity index (χ3v) is 6.32. The minimum absolute atomic E-state index is 0.0521. The predicted molar refractivity (Wildman–Crippen MR) is 132 cm³/mol. The van der Waals surface area contributed by atoms with Crippen LogP contribution in [0.2, 0.25) is 0 Å². The molecule has 1 saturated heterocycles. The van der Waals surface area contributed by atoms with E-state index in [9.17, 15) is 4.79 Å². The normalized spacial score (nSPS) is 16.0. The van der Waals surface area contributed by atoms with Crippen LogP contribution in [0.5, 0.6) is 5.75 Å². The van der Waals surface area contributed by atoms with Gasteiger partial charge in [0, 0.05) is 25.4 Å². The predicted octanol–water partition coefficient (Wildman–Crippen LogP) is 5.59. The second-order valence-corrected chi connectivity index (χ2v) is 8.51. The number of hydrogen-bond acceptors (Lipinski definition) is 3. The molecule has 1 aliphatic heterocycles. The number of para-hydroxylation sites is 4. The fourth-order valence-electron chi connectivity index (χ4n) is 4.80. The van der Waals surface area contributed by atoms with Crippen molar-refractivity contribution < 1.29 is 9.53 Å². The lowest BCUT2D eigenvalue weighted by molar-refractivity contribution is -0.117. The molecule has 33 heavy (non-hydrogen) atoms. The minimum Gasteiger partial charge on any atom is -0.492 e. The van der Waals surface area contributed by atoms with Crippen LogP contribution < -0.4 is 9.64 Å². The summed E-state index contributed by atoms with van der Waals surface area (Å²) in [7, 11) is 0. The zero-order valence-corrected chi connectivity index (χ0v) is 19.0. The molecule has 0 saturated carbocycles. The van der Waals surface area contributed by atoms with Gasteiger partial charge in [-0.1, -0.05) is 54.6 Å². The van der Waals surface area contributed by atoms with E-state index in [1.165, 1.54) is 5.56 Å². The van der Waals surface area contributed by atoms with Gasteiger partial charge in [-0.2, -0.15) is 0 Å². The van der Waals surface area contributed by atoms with E-state index in [-0.39, 0.29) is 11.8 Å².